The largest absolute Gasteiger partial charge is 0.491 e. The highest BCUT2D eigenvalue weighted by atomic mass is 32.1. The van der Waals surface area contributed by atoms with Gasteiger partial charge in [-0.15, -0.1) is 0 Å². The predicted molar refractivity (Wildman–Crippen MR) is 276 cm³/mol. The summed E-state index contributed by atoms with van der Waals surface area (Å²) in [4.78, 5) is 81.8. The van der Waals surface area contributed by atoms with Crippen molar-refractivity contribution in [1.82, 2.24) is 9.88 Å². The number of cyclic esters (lactones) is 1. The van der Waals surface area contributed by atoms with Gasteiger partial charge in [-0.25, -0.2) is 14.7 Å². The molecule has 3 amide bonds. The monoisotopic (exact) mass is 1010 g/mol. The smallest absolute Gasteiger partial charge is 0.421 e. The normalized spacial score (nSPS) is 22.0. The van der Waals surface area contributed by atoms with Gasteiger partial charge in [0.1, 0.15) is 36.5 Å². The number of nitrogens with zero attached hydrogens (tertiary/aromatic N) is 4. The number of fused-ring (bicyclic) bond motifs is 4. The molecule has 4 aliphatic rings. The first-order valence-corrected chi connectivity index (χ1v) is 25.1. The van der Waals surface area contributed by atoms with Crippen LogP contribution in [0.2, 0.25) is 0 Å². The molecule has 0 bridgehead atoms. The van der Waals surface area contributed by atoms with Crippen molar-refractivity contribution < 1.29 is 43.4 Å². The molecule has 2 N–H and O–H groups in total. The van der Waals surface area contributed by atoms with Gasteiger partial charge in [-0.1, -0.05) is 114 Å². The Hall–Kier alpha value is -8.49. The fraction of sp³-hybridized carbons (Fsp3) is 0.224. The van der Waals surface area contributed by atoms with E-state index in [9.17, 15) is 20.0 Å². The number of morpholine rings is 1. The van der Waals surface area contributed by atoms with E-state index in [1.165, 1.54) is 35.6 Å². The van der Waals surface area contributed by atoms with Crippen molar-refractivity contribution in [2.75, 3.05) is 23.4 Å². The summed E-state index contributed by atoms with van der Waals surface area (Å²) in [7, 11) is 0. The van der Waals surface area contributed by atoms with Crippen molar-refractivity contribution >= 4 is 61.9 Å². The number of anilines is 2. The zero-order chi connectivity index (χ0) is 50.9. The number of benzene rings is 6. The number of hydrogen-bond donors (Lipinski definition) is 2. The van der Waals surface area contributed by atoms with E-state index >= 15 is 14.4 Å². The second-order valence-electron chi connectivity index (χ2n) is 18.5. The number of esters is 1. The van der Waals surface area contributed by atoms with Crippen molar-refractivity contribution in [2.45, 2.75) is 61.9 Å². The first-order chi connectivity index (χ1) is 36.1. The van der Waals surface area contributed by atoms with E-state index in [0.29, 0.717) is 33.5 Å². The second-order valence-corrected chi connectivity index (χ2v) is 19.5. The molecule has 1 spiro atoms. The molecule has 1 aromatic heterocycles. The lowest BCUT2D eigenvalue weighted by molar-refractivity contribution is -0.384. The maximum atomic E-state index is 16.7. The summed E-state index contributed by atoms with van der Waals surface area (Å²) in [5.74, 6) is 3.11. The van der Waals surface area contributed by atoms with Crippen LogP contribution in [0, 0.1) is 27.9 Å². The van der Waals surface area contributed by atoms with Crippen LogP contribution in [0.4, 0.5) is 21.3 Å². The highest BCUT2D eigenvalue weighted by Gasteiger charge is 2.76. The second kappa shape index (κ2) is 20.2. The van der Waals surface area contributed by atoms with Crippen LogP contribution in [0.3, 0.4) is 0 Å². The number of aromatic nitrogens is 1. The third-order valence-electron chi connectivity index (χ3n) is 14.2. The number of aliphatic hydroxyl groups is 1. The Kier molecular flexibility index (Phi) is 13.0. The molecule has 74 heavy (non-hydrogen) atoms. The molecule has 15 nitrogen and oxygen atoms in total. The van der Waals surface area contributed by atoms with Gasteiger partial charge in [0.15, 0.2) is 5.13 Å². The molecule has 7 aromatic rings. The summed E-state index contributed by atoms with van der Waals surface area (Å²) >= 11 is 1.23. The Morgan fingerprint density at radius 2 is 1.58 bits per heavy atom. The van der Waals surface area contributed by atoms with Gasteiger partial charge in [0, 0.05) is 17.7 Å². The van der Waals surface area contributed by atoms with Crippen LogP contribution in [0.5, 0.6) is 5.75 Å². The molecule has 16 heteroatoms. The predicted octanol–water partition coefficient (Wildman–Crippen LogP) is 10.1. The van der Waals surface area contributed by atoms with E-state index in [-0.39, 0.29) is 41.9 Å². The molecule has 2 fully saturated rings. The molecule has 4 heterocycles. The summed E-state index contributed by atoms with van der Waals surface area (Å²) < 4.78 is 19.2. The van der Waals surface area contributed by atoms with Crippen LogP contribution in [0.15, 0.2) is 163 Å². The number of carbonyl (C=O) groups excluding carboxylic acids is 4. The third kappa shape index (κ3) is 8.64. The van der Waals surface area contributed by atoms with Gasteiger partial charge in [0.05, 0.1) is 45.4 Å². The fourth-order valence-corrected chi connectivity index (χ4v) is 11.9. The summed E-state index contributed by atoms with van der Waals surface area (Å²) in [6.45, 7) is -0.586. The lowest BCUT2D eigenvalue weighted by Crippen LogP contribution is -2.54. The number of nitro benzene ring substituents is 1. The van der Waals surface area contributed by atoms with Crippen LogP contribution >= 0.6 is 11.3 Å². The minimum atomic E-state index is -2.12. The van der Waals surface area contributed by atoms with Crippen molar-refractivity contribution in [2.24, 2.45) is 5.92 Å². The minimum absolute atomic E-state index is 0.0130. The quantitative estimate of drug-likeness (QED) is 0.0541. The highest BCUT2D eigenvalue weighted by Crippen LogP contribution is 2.66. The number of hydrogen-bond acceptors (Lipinski definition) is 13. The van der Waals surface area contributed by atoms with Crippen LogP contribution in [-0.4, -0.2) is 63.0 Å². The average molecular weight is 1010 g/mol. The molecule has 1 aliphatic carbocycles. The van der Waals surface area contributed by atoms with E-state index in [2.05, 4.69) is 23.2 Å². The Morgan fingerprint density at radius 1 is 0.851 bits per heavy atom. The first kappa shape index (κ1) is 47.8. The maximum Gasteiger partial charge on any atom is 0.421 e. The van der Waals surface area contributed by atoms with Crippen LogP contribution in [0.1, 0.15) is 77.3 Å². The summed E-state index contributed by atoms with van der Waals surface area (Å²) in [5, 5.41) is 24.4. The Bertz CT molecular complexity index is 3380. The number of imide groups is 1. The molecular weight excluding hydrogens is 959 g/mol. The number of allylic oxidation sites excluding steroid dienone is 2. The molecule has 6 unspecified atom stereocenters. The number of thiazole rings is 1. The number of ether oxygens (including phenoxy) is 3. The molecule has 0 radical (unpaired) electrons. The number of aliphatic hydroxyl groups excluding tert-OH is 1. The van der Waals surface area contributed by atoms with E-state index in [0.717, 1.165) is 46.4 Å². The lowest BCUT2D eigenvalue weighted by atomic mass is 9.65. The van der Waals surface area contributed by atoms with Crippen LogP contribution < -0.4 is 15.0 Å². The zero-order valence-electron chi connectivity index (χ0n) is 39.7. The van der Waals surface area contributed by atoms with Crippen molar-refractivity contribution in [3.05, 3.63) is 207 Å². The van der Waals surface area contributed by atoms with Crippen LogP contribution in [-0.2, 0) is 35.9 Å². The van der Waals surface area contributed by atoms with Gasteiger partial charge in [0.2, 0.25) is 11.8 Å². The standard InChI is InChI=1S/C58H47N5O10S/c64-32-33-71-43-29-25-41(26-30-43)52-58(44-34-37(21-20-36-12-4-1-5-13-36)24-31-46(44)61(55(58)67)57(68)72-35-38-22-27-42(28-23-38)63(69)70)48(53(65)60-56-59-45-18-10-11-19-47(45)74-56)50-54(66)73-51(40-16-8-3-9-17-40)49(62(50)52)39-14-6-2-7-15-39/h2-3,6-12,14-19,22-31,34,48-52,64H,1,4-5,13,32-33,35H2,(H,59,60,65). The molecule has 370 valence electrons. The lowest BCUT2D eigenvalue weighted by Gasteiger charge is -2.46. The van der Waals surface area contributed by atoms with Gasteiger partial charge in [-0.3, -0.25) is 29.4 Å². The van der Waals surface area contributed by atoms with Crippen molar-refractivity contribution in [1.29, 1.82) is 0 Å². The van der Waals surface area contributed by atoms with Crippen molar-refractivity contribution in [3.8, 4) is 17.6 Å². The van der Waals surface area contributed by atoms with E-state index in [1.807, 2.05) is 89.8 Å². The molecular formula is C58H47N5O10S. The van der Waals surface area contributed by atoms with Gasteiger partial charge >= 0.3 is 12.1 Å². The third-order valence-corrected chi connectivity index (χ3v) is 15.1. The Morgan fingerprint density at radius 3 is 2.28 bits per heavy atom. The molecule has 6 atom stereocenters. The number of amides is 3. The van der Waals surface area contributed by atoms with Crippen LogP contribution in [0.25, 0.3) is 10.2 Å². The zero-order valence-corrected chi connectivity index (χ0v) is 40.5. The summed E-state index contributed by atoms with van der Waals surface area (Å²) in [5.41, 5.74) is 2.48. The van der Waals surface area contributed by atoms with Gasteiger partial charge in [0.25, 0.3) is 5.69 Å². The topological polar surface area (TPSA) is 191 Å². The molecule has 2 saturated heterocycles. The minimum Gasteiger partial charge on any atom is -0.491 e. The van der Waals surface area contributed by atoms with E-state index in [1.54, 1.807) is 42.5 Å². The number of nitro groups is 1. The Balaban J connectivity index is 1.16. The maximum absolute atomic E-state index is 16.7. The molecule has 6 aromatic carbocycles. The molecule has 3 aliphatic heterocycles. The molecule has 11 rings (SSSR count). The number of nitrogens with one attached hydrogen (secondary N) is 1. The van der Waals surface area contributed by atoms with E-state index < -0.39 is 64.4 Å². The molecule has 0 saturated carbocycles. The number of carbonyl (C=O) groups is 4. The fourth-order valence-electron chi connectivity index (χ4n) is 11.0. The highest BCUT2D eigenvalue weighted by molar-refractivity contribution is 7.22. The van der Waals surface area contributed by atoms with Crippen molar-refractivity contribution in [3.63, 3.8) is 0 Å². The number of para-hydroxylation sites is 1. The first-order valence-electron chi connectivity index (χ1n) is 24.3. The SMILES string of the molecule is O=C1OC(c2ccccc2)C(c2ccccc2)N2C1C(C(=O)Nc1nc3ccccc3s1)C1(C(=O)N(C(=O)OCc3ccc([N+](=O)[O-])cc3)c3ccc(C#CC4=CCCCC4)cc31)C2c1ccc(OCCO)cc1. The number of rotatable bonds is 11. The van der Waals surface area contributed by atoms with Gasteiger partial charge in [-0.2, -0.15) is 0 Å². The van der Waals surface area contributed by atoms with E-state index in [4.69, 9.17) is 19.2 Å². The van der Waals surface area contributed by atoms with Gasteiger partial charge in [-0.05, 0) is 114 Å². The Labute approximate surface area is 429 Å². The number of non-ortho nitro benzene ring substituents is 1. The summed E-state index contributed by atoms with van der Waals surface area (Å²) in [6, 6.07) is 40.1. The average Bonchev–Trinajstić information content (AvgIpc) is 4.08. The van der Waals surface area contributed by atoms with Gasteiger partial charge < -0.3 is 24.6 Å². The summed E-state index contributed by atoms with van der Waals surface area (Å²) in [6.07, 6.45) is 3.86.